The van der Waals surface area contributed by atoms with Gasteiger partial charge in [0, 0.05) is 29.7 Å². The molecule has 0 saturated heterocycles. The number of rotatable bonds is 4. The fourth-order valence-corrected chi connectivity index (χ4v) is 4.36. The maximum atomic E-state index is 15.6. The van der Waals surface area contributed by atoms with E-state index in [0.717, 1.165) is 10.6 Å². The molecule has 3 heterocycles. The predicted octanol–water partition coefficient (Wildman–Crippen LogP) is 5.59. The minimum absolute atomic E-state index is 0.121. The van der Waals surface area contributed by atoms with Crippen molar-refractivity contribution >= 4 is 17.3 Å². The van der Waals surface area contributed by atoms with E-state index in [-0.39, 0.29) is 17.2 Å². The lowest BCUT2D eigenvalue weighted by Crippen LogP contribution is -1.98. The first kappa shape index (κ1) is 19.1. The Morgan fingerprint density at radius 1 is 0.903 bits per heavy atom. The summed E-state index contributed by atoms with van der Waals surface area (Å²) in [5, 5.41) is 0.722. The number of nitrogen functional groups attached to an aromatic ring is 1. The van der Waals surface area contributed by atoms with Crippen LogP contribution in [0.15, 0.2) is 79.3 Å². The molecule has 0 aliphatic carbocycles. The van der Waals surface area contributed by atoms with Crippen LogP contribution in [0.2, 0.25) is 0 Å². The van der Waals surface area contributed by atoms with Gasteiger partial charge in [0.1, 0.15) is 10.8 Å². The van der Waals surface area contributed by atoms with E-state index >= 15 is 4.39 Å². The summed E-state index contributed by atoms with van der Waals surface area (Å²) < 4.78 is 30.5. The van der Waals surface area contributed by atoms with Crippen LogP contribution in [0.4, 0.5) is 14.7 Å². The van der Waals surface area contributed by atoms with Crippen LogP contribution >= 0.6 is 11.3 Å². The van der Waals surface area contributed by atoms with Crippen molar-refractivity contribution in [3.05, 3.63) is 90.9 Å². The first-order valence-electron chi connectivity index (χ1n) is 9.38. The first-order valence-corrected chi connectivity index (χ1v) is 10.2. The van der Waals surface area contributed by atoms with E-state index in [4.69, 9.17) is 10.7 Å². The summed E-state index contributed by atoms with van der Waals surface area (Å²) >= 11 is 1.39. The Bertz CT molecular complexity index is 1380. The van der Waals surface area contributed by atoms with Crippen LogP contribution in [-0.4, -0.2) is 19.5 Å². The number of hydrogen-bond acceptors (Lipinski definition) is 5. The Hall–Kier alpha value is -3.91. The maximum absolute atomic E-state index is 15.6. The number of hydrogen-bond donors (Lipinski definition) is 1. The van der Waals surface area contributed by atoms with E-state index in [0.29, 0.717) is 16.3 Å². The van der Waals surface area contributed by atoms with Crippen LogP contribution in [-0.2, 0) is 0 Å². The van der Waals surface area contributed by atoms with Crippen LogP contribution in [0.25, 0.3) is 38.1 Å². The zero-order chi connectivity index (χ0) is 21.4. The Morgan fingerprint density at radius 3 is 2.48 bits per heavy atom. The molecule has 2 N–H and O–H groups in total. The summed E-state index contributed by atoms with van der Waals surface area (Å²) in [6.07, 6.45) is 4.25. The van der Waals surface area contributed by atoms with E-state index in [1.807, 2.05) is 30.3 Å². The van der Waals surface area contributed by atoms with Gasteiger partial charge in [0.15, 0.2) is 5.82 Å². The van der Waals surface area contributed by atoms with Gasteiger partial charge in [-0.3, -0.25) is 0 Å². The van der Waals surface area contributed by atoms with Crippen LogP contribution in [0.5, 0.6) is 0 Å². The molecule has 31 heavy (non-hydrogen) atoms. The van der Waals surface area contributed by atoms with Crippen molar-refractivity contribution in [2.24, 2.45) is 0 Å². The fraction of sp³-hybridized carbons (Fsp3) is 0. The Kier molecular flexibility index (Phi) is 4.76. The molecular formula is C23H15F2N5S. The molecule has 0 spiro atoms. The number of benzene rings is 2. The van der Waals surface area contributed by atoms with E-state index in [2.05, 4.69) is 9.97 Å². The summed E-state index contributed by atoms with van der Waals surface area (Å²) in [5.41, 5.74) is 8.20. The molecule has 0 amide bonds. The Morgan fingerprint density at radius 2 is 1.74 bits per heavy atom. The van der Waals surface area contributed by atoms with Crippen LogP contribution in [0.3, 0.4) is 0 Å². The molecule has 0 bridgehead atoms. The summed E-state index contributed by atoms with van der Waals surface area (Å²) in [4.78, 5) is 13.7. The molecule has 8 heteroatoms. The quantitative estimate of drug-likeness (QED) is 0.403. The maximum Gasteiger partial charge on any atom is 0.220 e. The fourth-order valence-electron chi connectivity index (χ4n) is 3.30. The van der Waals surface area contributed by atoms with E-state index in [1.54, 1.807) is 30.5 Å². The molecule has 0 radical (unpaired) electrons. The number of halogens is 2. The largest absolute Gasteiger partial charge is 0.368 e. The van der Waals surface area contributed by atoms with Crippen molar-refractivity contribution in [3.63, 3.8) is 0 Å². The van der Waals surface area contributed by atoms with Crippen LogP contribution < -0.4 is 5.73 Å². The second-order valence-corrected chi connectivity index (χ2v) is 7.74. The number of nitrogens with two attached hydrogens (primary N) is 1. The Balaban J connectivity index is 1.73. The molecule has 2 aromatic carbocycles. The van der Waals surface area contributed by atoms with Crippen molar-refractivity contribution in [3.8, 4) is 38.1 Å². The van der Waals surface area contributed by atoms with Gasteiger partial charge in [-0.25, -0.2) is 23.7 Å². The normalized spacial score (nSPS) is 11.0. The van der Waals surface area contributed by atoms with Crippen molar-refractivity contribution in [2.75, 3.05) is 5.73 Å². The SMILES string of the molecule is Nc1nccc(-c2sc(-c3ccccc3)nc2-c2cccc(-n3ccc(F)c3)c2F)n1. The third kappa shape index (κ3) is 3.57. The van der Waals surface area contributed by atoms with E-state index in [1.165, 1.54) is 34.4 Å². The zero-order valence-corrected chi connectivity index (χ0v) is 16.9. The summed E-state index contributed by atoms with van der Waals surface area (Å²) in [6, 6.07) is 17.6. The van der Waals surface area contributed by atoms with Gasteiger partial charge in [-0.1, -0.05) is 36.4 Å². The average molecular weight is 431 g/mol. The van der Waals surface area contributed by atoms with Gasteiger partial charge in [-0.05, 0) is 24.3 Å². The highest BCUT2D eigenvalue weighted by Crippen LogP contribution is 2.41. The van der Waals surface area contributed by atoms with Crippen LogP contribution in [0, 0.1) is 11.6 Å². The summed E-state index contributed by atoms with van der Waals surface area (Å²) in [6.45, 7) is 0. The monoisotopic (exact) mass is 431 g/mol. The second-order valence-electron chi connectivity index (χ2n) is 6.74. The third-order valence-electron chi connectivity index (χ3n) is 4.72. The summed E-state index contributed by atoms with van der Waals surface area (Å²) in [7, 11) is 0. The van der Waals surface area contributed by atoms with Gasteiger partial charge in [0.2, 0.25) is 5.95 Å². The molecule has 0 aliphatic heterocycles. The lowest BCUT2D eigenvalue weighted by atomic mass is 10.1. The topological polar surface area (TPSA) is 69.6 Å². The smallest absolute Gasteiger partial charge is 0.220 e. The highest BCUT2D eigenvalue weighted by Gasteiger charge is 2.21. The van der Waals surface area contributed by atoms with E-state index < -0.39 is 11.6 Å². The zero-order valence-electron chi connectivity index (χ0n) is 16.0. The van der Waals surface area contributed by atoms with Gasteiger partial charge in [0.25, 0.3) is 0 Å². The van der Waals surface area contributed by atoms with Crippen LogP contribution in [0.1, 0.15) is 0 Å². The van der Waals surface area contributed by atoms with Gasteiger partial charge in [-0.2, -0.15) is 0 Å². The molecule has 152 valence electrons. The van der Waals surface area contributed by atoms with Crippen molar-refractivity contribution in [1.29, 1.82) is 0 Å². The van der Waals surface area contributed by atoms with Crippen molar-refractivity contribution in [2.45, 2.75) is 0 Å². The summed E-state index contributed by atoms with van der Waals surface area (Å²) in [5.74, 6) is -0.830. The second kappa shape index (κ2) is 7.73. The van der Waals surface area contributed by atoms with Gasteiger partial charge in [0.05, 0.1) is 22.0 Å². The molecule has 0 fully saturated rings. The molecule has 5 rings (SSSR count). The standard InChI is InChI=1S/C23H15F2N5S/c24-15-10-12-30(13-15)18-8-4-7-16(19(18)25)20-21(17-9-11-27-23(26)28-17)31-22(29-20)14-5-2-1-3-6-14/h1-13H,(H2,26,27,28). The molecule has 0 unspecified atom stereocenters. The lowest BCUT2D eigenvalue weighted by Gasteiger charge is -2.09. The minimum atomic E-state index is -0.508. The molecule has 0 saturated carbocycles. The van der Waals surface area contributed by atoms with Crippen molar-refractivity contribution in [1.82, 2.24) is 19.5 Å². The van der Waals surface area contributed by atoms with Gasteiger partial charge in [-0.15, -0.1) is 11.3 Å². The number of aromatic nitrogens is 4. The molecule has 0 atom stereocenters. The number of thiazole rings is 1. The van der Waals surface area contributed by atoms with Crippen molar-refractivity contribution < 1.29 is 8.78 Å². The predicted molar refractivity (Wildman–Crippen MR) is 118 cm³/mol. The highest BCUT2D eigenvalue weighted by atomic mass is 32.1. The van der Waals surface area contributed by atoms with E-state index in [9.17, 15) is 4.39 Å². The average Bonchev–Trinajstić information content (AvgIpc) is 3.41. The number of nitrogens with zero attached hydrogens (tertiary/aromatic N) is 4. The molecule has 5 nitrogen and oxygen atoms in total. The molecule has 3 aromatic heterocycles. The minimum Gasteiger partial charge on any atom is -0.368 e. The number of anilines is 1. The molecule has 5 aromatic rings. The molecule has 0 aliphatic rings. The highest BCUT2D eigenvalue weighted by molar-refractivity contribution is 7.18. The van der Waals surface area contributed by atoms with Gasteiger partial charge >= 0.3 is 0 Å². The van der Waals surface area contributed by atoms with Gasteiger partial charge < -0.3 is 10.3 Å². The Labute approximate surface area is 180 Å². The lowest BCUT2D eigenvalue weighted by molar-refractivity contribution is 0.614. The third-order valence-corrected chi connectivity index (χ3v) is 5.85. The first-order chi connectivity index (χ1) is 15.1. The molecular weight excluding hydrogens is 416 g/mol.